The zero-order chi connectivity index (χ0) is 20.7. The lowest BCUT2D eigenvalue weighted by molar-refractivity contribution is 0.0682. The van der Waals surface area contributed by atoms with Gasteiger partial charge in [0, 0.05) is 37.3 Å². The number of piperidine rings is 1. The van der Waals surface area contributed by atoms with Crippen LogP contribution in [0.2, 0.25) is 0 Å². The van der Waals surface area contributed by atoms with Gasteiger partial charge in [0.05, 0.1) is 10.9 Å². The fourth-order valence-electron chi connectivity index (χ4n) is 4.28. The molecule has 1 atom stereocenters. The summed E-state index contributed by atoms with van der Waals surface area (Å²) in [5, 5.41) is 0.224. The highest BCUT2D eigenvalue weighted by molar-refractivity contribution is 6.05. The van der Waals surface area contributed by atoms with Gasteiger partial charge in [-0.2, -0.15) is 0 Å². The number of rotatable bonds is 5. The third kappa shape index (κ3) is 3.73. The molecule has 1 saturated heterocycles. The van der Waals surface area contributed by atoms with E-state index in [-0.39, 0.29) is 17.3 Å². The fourth-order valence-corrected chi connectivity index (χ4v) is 4.28. The molecule has 4 rings (SSSR count). The first-order chi connectivity index (χ1) is 13.9. The van der Waals surface area contributed by atoms with E-state index in [1.54, 1.807) is 11.0 Å². The number of hydrogen-bond acceptors (Lipinski definition) is 5. The number of aryl methyl sites for hydroxylation is 1. The van der Waals surface area contributed by atoms with E-state index >= 15 is 0 Å². The number of aromatic amines is 1. The lowest BCUT2D eigenvalue weighted by Gasteiger charge is -2.34. The number of H-pyrrole nitrogens is 1. The number of nitrogens with one attached hydrogen (secondary N) is 1. The van der Waals surface area contributed by atoms with Crippen LogP contribution in [0.4, 0.5) is 0 Å². The Hall–Kier alpha value is -2.48. The molecule has 156 valence electrons. The van der Waals surface area contributed by atoms with E-state index < -0.39 is 11.2 Å². The van der Waals surface area contributed by atoms with Crippen molar-refractivity contribution >= 4 is 16.9 Å². The topological polar surface area (TPSA) is 114 Å². The Morgan fingerprint density at radius 2 is 1.97 bits per heavy atom. The Morgan fingerprint density at radius 3 is 2.55 bits per heavy atom. The summed E-state index contributed by atoms with van der Waals surface area (Å²) in [6.45, 7) is 5.66. The predicted octanol–water partition coefficient (Wildman–Crippen LogP) is 1.57. The Balaban J connectivity index is 1.81. The van der Waals surface area contributed by atoms with Crippen LogP contribution in [-0.4, -0.2) is 44.5 Å². The van der Waals surface area contributed by atoms with E-state index in [1.807, 2.05) is 13.8 Å². The third-order valence-corrected chi connectivity index (χ3v) is 6.21. The Bertz CT molecular complexity index is 1040. The molecule has 8 nitrogen and oxygen atoms in total. The molecule has 29 heavy (non-hydrogen) atoms. The minimum absolute atomic E-state index is 0.113. The van der Waals surface area contributed by atoms with E-state index in [0.29, 0.717) is 42.7 Å². The molecule has 0 bridgehead atoms. The van der Waals surface area contributed by atoms with Crippen LogP contribution in [0, 0.1) is 5.92 Å². The molecule has 1 saturated carbocycles. The van der Waals surface area contributed by atoms with E-state index in [1.165, 1.54) is 4.57 Å². The van der Waals surface area contributed by atoms with E-state index in [2.05, 4.69) is 9.97 Å². The molecule has 2 aromatic rings. The first kappa shape index (κ1) is 19.8. The minimum atomic E-state index is -0.541. The molecule has 2 fully saturated rings. The lowest BCUT2D eigenvalue weighted by Crippen LogP contribution is -2.43. The number of pyridine rings is 1. The van der Waals surface area contributed by atoms with Crippen molar-refractivity contribution in [3.63, 3.8) is 0 Å². The predicted molar refractivity (Wildman–Crippen MR) is 111 cm³/mol. The normalized spacial score (nSPS) is 18.9. The van der Waals surface area contributed by atoms with E-state index in [9.17, 15) is 14.4 Å². The number of fused-ring (bicyclic) bond motifs is 1. The van der Waals surface area contributed by atoms with Gasteiger partial charge in [-0.25, -0.2) is 9.78 Å². The maximum atomic E-state index is 13.4. The summed E-state index contributed by atoms with van der Waals surface area (Å²) in [6.07, 6.45) is 4.49. The number of nitrogens with two attached hydrogens (primary N) is 1. The largest absolute Gasteiger partial charge is 0.339 e. The van der Waals surface area contributed by atoms with E-state index in [0.717, 1.165) is 37.8 Å². The number of amides is 1. The standard InChI is InChI=1S/C21H29N5O3/c1-3-8-26-18-17(19(27)24-21(26)29)15(11-16(23-18)14-4-5-14)20(28)25-9-6-13(7-10-25)12(2)22/h11-14H,3-10,22H2,1-2H3,(H,24,27,29). The van der Waals surface area contributed by atoms with Crippen molar-refractivity contribution in [1.29, 1.82) is 0 Å². The first-order valence-electron chi connectivity index (χ1n) is 10.6. The van der Waals surface area contributed by atoms with Gasteiger partial charge in [-0.05, 0) is 51.0 Å². The highest BCUT2D eigenvalue weighted by Gasteiger charge is 2.31. The smallest absolute Gasteiger partial charge is 0.329 e. The molecule has 0 radical (unpaired) electrons. The number of likely N-dealkylation sites (tertiary alicyclic amines) is 1. The van der Waals surface area contributed by atoms with Gasteiger partial charge >= 0.3 is 5.69 Å². The zero-order valence-electron chi connectivity index (χ0n) is 17.1. The van der Waals surface area contributed by atoms with Crippen LogP contribution in [0.1, 0.15) is 67.9 Å². The zero-order valence-corrected chi connectivity index (χ0v) is 17.1. The summed E-state index contributed by atoms with van der Waals surface area (Å²) in [5.41, 5.74) is 6.51. The molecule has 0 aromatic carbocycles. The van der Waals surface area contributed by atoms with Crippen LogP contribution < -0.4 is 17.0 Å². The summed E-state index contributed by atoms with van der Waals surface area (Å²) in [4.78, 5) is 47.3. The van der Waals surface area contributed by atoms with Gasteiger partial charge in [0.2, 0.25) is 0 Å². The summed E-state index contributed by atoms with van der Waals surface area (Å²) < 4.78 is 1.49. The number of carbonyl (C=O) groups is 1. The van der Waals surface area contributed by atoms with Crippen molar-refractivity contribution in [1.82, 2.24) is 19.4 Å². The highest BCUT2D eigenvalue weighted by atomic mass is 16.2. The van der Waals surface area contributed by atoms with Gasteiger partial charge in [-0.1, -0.05) is 6.92 Å². The second-order valence-electron chi connectivity index (χ2n) is 8.47. The fraction of sp³-hybridized carbons (Fsp3) is 0.619. The maximum absolute atomic E-state index is 13.4. The first-order valence-corrected chi connectivity index (χ1v) is 10.6. The quantitative estimate of drug-likeness (QED) is 0.792. The molecule has 0 spiro atoms. The average Bonchev–Trinajstić information content (AvgIpc) is 3.55. The van der Waals surface area contributed by atoms with Gasteiger partial charge in [-0.15, -0.1) is 0 Å². The number of hydrogen-bond donors (Lipinski definition) is 2. The van der Waals surface area contributed by atoms with Crippen molar-refractivity contribution < 1.29 is 4.79 Å². The van der Waals surface area contributed by atoms with Crippen LogP contribution in [0.5, 0.6) is 0 Å². The summed E-state index contributed by atoms with van der Waals surface area (Å²) in [7, 11) is 0. The molecule has 2 aromatic heterocycles. The Kier molecular flexibility index (Phi) is 5.29. The number of nitrogens with zero attached hydrogens (tertiary/aromatic N) is 3. The van der Waals surface area contributed by atoms with Crippen molar-refractivity contribution in [2.45, 2.75) is 64.5 Å². The van der Waals surface area contributed by atoms with E-state index in [4.69, 9.17) is 5.73 Å². The summed E-state index contributed by atoms with van der Waals surface area (Å²) in [5.74, 6) is 0.558. The monoisotopic (exact) mass is 399 g/mol. The SMILES string of the molecule is CCCn1c(=O)[nH]c(=O)c2c(C(=O)N3CCC(C(C)N)CC3)cc(C3CC3)nc21. The van der Waals surface area contributed by atoms with Gasteiger partial charge in [-0.3, -0.25) is 19.1 Å². The molecule has 3 heterocycles. The molecule has 1 amide bonds. The van der Waals surface area contributed by atoms with Crippen LogP contribution in [-0.2, 0) is 6.54 Å². The number of carbonyl (C=O) groups excluding carboxylic acids is 1. The molecular formula is C21H29N5O3. The van der Waals surface area contributed by atoms with Crippen molar-refractivity contribution in [3.05, 3.63) is 38.2 Å². The third-order valence-electron chi connectivity index (χ3n) is 6.21. The average molecular weight is 399 g/mol. The molecule has 1 aliphatic carbocycles. The van der Waals surface area contributed by atoms with Crippen LogP contribution in [0.25, 0.3) is 11.0 Å². The molecule has 1 unspecified atom stereocenters. The van der Waals surface area contributed by atoms with Crippen molar-refractivity contribution in [3.8, 4) is 0 Å². The highest BCUT2D eigenvalue weighted by Crippen LogP contribution is 2.40. The second kappa shape index (κ2) is 7.74. The van der Waals surface area contributed by atoms with Gasteiger partial charge in [0.1, 0.15) is 0 Å². The van der Waals surface area contributed by atoms with Crippen molar-refractivity contribution in [2.24, 2.45) is 11.7 Å². The molecule has 3 N–H and O–H groups in total. The molecule has 8 heteroatoms. The molecular weight excluding hydrogens is 370 g/mol. The number of aromatic nitrogens is 3. The minimum Gasteiger partial charge on any atom is -0.339 e. The second-order valence-corrected chi connectivity index (χ2v) is 8.47. The van der Waals surface area contributed by atoms with Crippen molar-refractivity contribution in [2.75, 3.05) is 13.1 Å². The van der Waals surface area contributed by atoms with Crippen LogP contribution >= 0.6 is 0 Å². The maximum Gasteiger partial charge on any atom is 0.329 e. The van der Waals surface area contributed by atoms with Crippen LogP contribution in [0.15, 0.2) is 15.7 Å². The summed E-state index contributed by atoms with van der Waals surface area (Å²) in [6, 6.07) is 1.89. The molecule has 2 aliphatic rings. The van der Waals surface area contributed by atoms with Gasteiger partial charge < -0.3 is 10.6 Å². The van der Waals surface area contributed by atoms with Gasteiger partial charge in [0.25, 0.3) is 11.5 Å². The lowest BCUT2D eigenvalue weighted by atomic mass is 9.90. The summed E-state index contributed by atoms with van der Waals surface area (Å²) >= 11 is 0. The van der Waals surface area contributed by atoms with Gasteiger partial charge in [0.15, 0.2) is 5.65 Å². The molecule has 1 aliphatic heterocycles. The van der Waals surface area contributed by atoms with Crippen LogP contribution in [0.3, 0.4) is 0 Å². The Morgan fingerprint density at radius 1 is 1.28 bits per heavy atom. The Labute approximate surface area is 169 Å².